The van der Waals surface area contributed by atoms with Gasteiger partial charge in [-0.2, -0.15) is 0 Å². The molecule has 0 aliphatic rings. The Morgan fingerprint density at radius 1 is 1.24 bits per heavy atom. The molecule has 0 spiro atoms. The number of rotatable bonds is 3. The summed E-state index contributed by atoms with van der Waals surface area (Å²) in [6.45, 7) is 8.37. The first-order chi connectivity index (χ1) is 10.1. The molecule has 0 atom stereocenters. The van der Waals surface area contributed by atoms with Crippen LogP contribution in [0.15, 0.2) is 18.2 Å². The Kier molecular flexibility index (Phi) is 3.41. The van der Waals surface area contributed by atoms with Gasteiger partial charge in [-0.1, -0.05) is 19.1 Å². The lowest BCUT2D eigenvalue weighted by molar-refractivity contribution is 0.111. The van der Waals surface area contributed by atoms with Crippen molar-refractivity contribution in [3.05, 3.63) is 45.6 Å². The lowest BCUT2D eigenvalue weighted by Crippen LogP contribution is -1.97. The molecule has 3 nitrogen and oxygen atoms in total. The molecular formula is C17H18N2OS. The van der Waals surface area contributed by atoms with Crippen LogP contribution in [0.1, 0.15) is 39.1 Å². The van der Waals surface area contributed by atoms with Crippen molar-refractivity contribution in [3.63, 3.8) is 0 Å². The van der Waals surface area contributed by atoms with E-state index in [0.29, 0.717) is 5.69 Å². The Hall–Kier alpha value is -1.94. The van der Waals surface area contributed by atoms with Crippen molar-refractivity contribution >= 4 is 22.6 Å². The van der Waals surface area contributed by atoms with Crippen molar-refractivity contribution in [2.45, 2.75) is 34.1 Å². The van der Waals surface area contributed by atoms with E-state index in [2.05, 4.69) is 39.8 Å². The Morgan fingerprint density at radius 2 is 2.00 bits per heavy atom. The molecule has 108 valence electrons. The summed E-state index contributed by atoms with van der Waals surface area (Å²) in [5, 5.41) is 0. The summed E-state index contributed by atoms with van der Waals surface area (Å²) in [4.78, 5) is 18.5. The van der Waals surface area contributed by atoms with Gasteiger partial charge in [0.1, 0.15) is 11.4 Å². The van der Waals surface area contributed by atoms with Gasteiger partial charge in [-0.25, -0.2) is 4.98 Å². The van der Waals surface area contributed by atoms with E-state index >= 15 is 0 Å². The third-order valence-electron chi connectivity index (χ3n) is 4.03. The smallest absolute Gasteiger partial charge is 0.195 e. The van der Waals surface area contributed by atoms with Crippen molar-refractivity contribution in [2.24, 2.45) is 0 Å². The van der Waals surface area contributed by atoms with E-state index in [1.807, 2.05) is 10.5 Å². The van der Waals surface area contributed by atoms with Gasteiger partial charge in [0.05, 0.1) is 0 Å². The Labute approximate surface area is 128 Å². The second-order valence-electron chi connectivity index (χ2n) is 5.34. The van der Waals surface area contributed by atoms with Crippen LogP contribution >= 0.6 is 11.3 Å². The van der Waals surface area contributed by atoms with Crippen LogP contribution in [0.4, 0.5) is 0 Å². The van der Waals surface area contributed by atoms with E-state index in [1.54, 1.807) is 11.3 Å². The molecule has 0 saturated carbocycles. The highest BCUT2D eigenvalue weighted by Crippen LogP contribution is 2.31. The molecular weight excluding hydrogens is 280 g/mol. The number of hydrogen-bond acceptors (Lipinski definition) is 3. The van der Waals surface area contributed by atoms with Crippen molar-refractivity contribution in [3.8, 4) is 11.3 Å². The van der Waals surface area contributed by atoms with E-state index in [-0.39, 0.29) is 0 Å². The highest BCUT2D eigenvalue weighted by molar-refractivity contribution is 7.17. The lowest BCUT2D eigenvalue weighted by atomic mass is 10.0. The molecule has 0 saturated heterocycles. The molecule has 0 N–H and O–H groups in total. The molecule has 0 unspecified atom stereocenters. The summed E-state index contributed by atoms with van der Waals surface area (Å²) in [5.74, 6) is 0. The highest BCUT2D eigenvalue weighted by Gasteiger charge is 2.19. The minimum atomic E-state index is 0.662. The van der Waals surface area contributed by atoms with Crippen LogP contribution in [0.25, 0.3) is 16.2 Å². The SMILES string of the molecule is CCc1c(C)sc2nc(-c3ccc(C)c(C)c3)c(C=O)n12. The summed E-state index contributed by atoms with van der Waals surface area (Å²) in [6, 6.07) is 6.23. The van der Waals surface area contributed by atoms with E-state index in [4.69, 9.17) is 4.98 Å². The Bertz CT molecular complexity index is 842. The maximum Gasteiger partial charge on any atom is 0.195 e. The molecule has 3 rings (SSSR count). The number of carbonyl (C=O) groups excluding carboxylic acids is 1. The summed E-state index contributed by atoms with van der Waals surface area (Å²) in [5.41, 5.74) is 6.10. The van der Waals surface area contributed by atoms with Crippen LogP contribution in [0.5, 0.6) is 0 Å². The molecule has 21 heavy (non-hydrogen) atoms. The van der Waals surface area contributed by atoms with Gasteiger partial charge in [-0.15, -0.1) is 11.3 Å². The first-order valence-corrected chi connectivity index (χ1v) is 7.92. The number of hydrogen-bond donors (Lipinski definition) is 0. The first kappa shape index (κ1) is 14.0. The van der Waals surface area contributed by atoms with Crippen LogP contribution in [-0.2, 0) is 6.42 Å². The Morgan fingerprint density at radius 3 is 2.62 bits per heavy atom. The number of benzene rings is 1. The van der Waals surface area contributed by atoms with Gasteiger partial charge < -0.3 is 0 Å². The molecule has 0 fully saturated rings. The summed E-state index contributed by atoms with van der Waals surface area (Å²) in [6.07, 6.45) is 1.82. The topological polar surface area (TPSA) is 34.4 Å². The van der Waals surface area contributed by atoms with Gasteiger partial charge in [-0.05, 0) is 44.4 Å². The molecule has 0 bridgehead atoms. The third kappa shape index (κ3) is 2.10. The van der Waals surface area contributed by atoms with Crippen molar-refractivity contribution < 1.29 is 4.79 Å². The molecule has 0 aliphatic carbocycles. The number of aldehydes is 1. The van der Waals surface area contributed by atoms with E-state index in [9.17, 15) is 4.79 Å². The molecule has 2 heterocycles. The second-order valence-corrected chi connectivity index (χ2v) is 6.52. The molecule has 0 radical (unpaired) electrons. The van der Waals surface area contributed by atoms with Crippen LogP contribution in [0.3, 0.4) is 0 Å². The maximum absolute atomic E-state index is 11.6. The standard InChI is InChI=1S/C17H18N2OS/c1-5-14-12(4)21-17-18-16(15(9-20)19(14)17)13-7-6-10(2)11(3)8-13/h6-9H,5H2,1-4H3. The van der Waals surface area contributed by atoms with E-state index in [0.717, 1.165) is 28.9 Å². The van der Waals surface area contributed by atoms with Crippen LogP contribution < -0.4 is 0 Å². The van der Waals surface area contributed by atoms with E-state index in [1.165, 1.54) is 21.7 Å². The molecule has 0 amide bonds. The van der Waals surface area contributed by atoms with E-state index < -0.39 is 0 Å². The zero-order valence-corrected chi connectivity index (χ0v) is 13.5. The molecule has 1 aromatic carbocycles. The summed E-state index contributed by atoms with van der Waals surface area (Å²) in [7, 11) is 0. The van der Waals surface area contributed by atoms with Gasteiger partial charge in [0.15, 0.2) is 11.2 Å². The predicted octanol–water partition coefficient (Wildman–Crippen LogP) is 4.36. The third-order valence-corrected chi connectivity index (χ3v) is 5.03. The average Bonchev–Trinajstić information content (AvgIpc) is 2.95. The molecule has 0 aliphatic heterocycles. The van der Waals surface area contributed by atoms with Crippen LogP contribution in [0, 0.1) is 20.8 Å². The number of carbonyl (C=O) groups is 1. The van der Waals surface area contributed by atoms with Crippen LogP contribution in [-0.4, -0.2) is 15.7 Å². The minimum Gasteiger partial charge on any atom is -0.296 e. The van der Waals surface area contributed by atoms with Crippen LogP contribution in [0.2, 0.25) is 0 Å². The van der Waals surface area contributed by atoms with Crippen molar-refractivity contribution in [1.29, 1.82) is 0 Å². The summed E-state index contributed by atoms with van der Waals surface area (Å²) < 4.78 is 2.01. The number of aromatic nitrogens is 2. The number of aryl methyl sites for hydroxylation is 4. The molecule has 3 aromatic rings. The quantitative estimate of drug-likeness (QED) is 0.673. The van der Waals surface area contributed by atoms with Gasteiger partial charge in [-0.3, -0.25) is 9.20 Å². The molecule has 2 aromatic heterocycles. The van der Waals surface area contributed by atoms with Gasteiger partial charge >= 0.3 is 0 Å². The fraction of sp³-hybridized carbons (Fsp3) is 0.294. The number of imidazole rings is 1. The Balaban J connectivity index is 2.30. The minimum absolute atomic E-state index is 0.662. The fourth-order valence-electron chi connectivity index (χ4n) is 2.71. The fourth-order valence-corrected chi connectivity index (χ4v) is 3.78. The zero-order valence-electron chi connectivity index (χ0n) is 12.7. The molecule has 4 heteroatoms. The monoisotopic (exact) mass is 298 g/mol. The highest BCUT2D eigenvalue weighted by atomic mass is 32.1. The van der Waals surface area contributed by atoms with Gasteiger partial charge in [0.25, 0.3) is 0 Å². The predicted molar refractivity (Wildman–Crippen MR) is 87.5 cm³/mol. The zero-order chi connectivity index (χ0) is 15.1. The van der Waals surface area contributed by atoms with Crippen molar-refractivity contribution in [1.82, 2.24) is 9.38 Å². The number of fused-ring (bicyclic) bond motifs is 1. The van der Waals surface area contributed by atoms with Gasteiger partial charge in [0, 0.05) is 16.1 Å². The second kappa shape index (κ2) is 5.11. The lowest BCUT2D eigenvalue weighted by Gasteiger charge is -2.04. The van der Waals surface area contributed by atoms with Crippen molar-refractivity contribution in [2.75, 3.05) is 0 Å². The first-order valence-electron chi connectivity index (χ1n) is 7.10. The summed E-state index contributed by atoms with van der Waals surface area (Å²) >= 11 is 1.65. The van der Waals surface area contributed by atoms with Gasteiger partial charge in [0.2, 0.25) is 0 Å². The maximum atomic E-state index is 11.6. The normalized spacial score (nSPS) is 11.2. The largest absolute Gasteiger partial charge is 0.296 e. The number of nitrogens with zero attached hydrogens (tertiary/aromatic N) is 2. The number of thiazole rings is 1. The average molecular weight is 298 g/mol.